The summed E-state index contributed by atoms with van der Waals surface area (Å²) in [5.41, 5.74) is 2.90. The van der Waals surface area contributed by atoms with Crippen molar-refractivity contribution in [2.75, 3.05) is 33.9 Å². The molecule has 0 saturated carbocycles. The molecule has 1 aliphatic heterocycles. The highest BCUT2D eigenvalue weighted by Gasteiger charge is 2.54. The Labute approximate surface area is 207 Å². The van der Waals surface area contributed by atoms with Gasteiger partial charge in [0.2, 0.25) is 0 Å². The van der Waals surface area contributed by atoms with Gasteiger partial charge in [0.05, 0.1) is 24.8 Å². The zero-order chi connectivity index (χ0) is 24.3. The molecule has 3 aromatic rings. The van der Waals surface area contributed by atoms with Gasteiger partial charge in [-0.3, -0.25) is 9.48 Å². The van der Waals surface area contributed by atoms with Gasteiger partial charge in [-0.25, -0.2) is 0 Å². The second-order valence-corrected chi connectivity index (χ2v) is 9.52. The highest BCUT2D eigenvalue weighted by atomic mass is 16.5. The molecule has 1 N–H and O–H groups in total. The molecule has 1 fully saturated rings. The van der Waals surface area contributed by atoms with Crippen LogP contribution in [-0.2, 0) is 16.7 Å². The second kappa shape index (κ2) is 10.2. The van der Waals surface area contributed by atoms with Crippen LogP contribution in [0.1, 0.15) is 46.8 Å². The summed E-state index contributed by atoms with van der Waals surface area (Å²) in [6.07, 6.45) is 6.82. The van der Waals surface area contributed by atoms with E-state index < -0.39 is 0 Å². The fraction of sp³-hybridized carbons (Fsp3) is 0.429. The molecule has 7 heteroatoms. The normalized spacial score (nSPS) is 21.1. The van der Waals surface area contributed by atoms with Crippen LogP contribution in [0.3, 0.4) is 0 Å². The van der Waals surface area contributed by atoms with Crippen molar-refractivity contribution in [3.8, 4) is 5.75 Å². The minimum absolute atomic E-state index is 0.109. The van der Waals surface area contributed by atoms with E-state index in [1.807, 2.05) is 41.3 Å². The van der Waals surface area contributed by atoms with Crippen molar-refractivity contribution < 1.29 is 14.3 Å². The fourth-order valence-corrected chi connectivity index (χ4v) is 6.04. The molecule has 2 aliphatic rings. The molecule has 1 saturated heterocycles. The number of hydrogen-bond acceptors (Lipinski definition) is 5. The average molecular weight is 475 g/mol. The van der Waals surface area contributed by atoms with Crippen molar-refractivity contribution in [2.24, 2.45) is 0 Å². The molecular weight excluding hydrogens is 440 g/mol. The van der Waals surface area contributed by atoms with Crippen molar-refractivity contribution in [1.29, 1.82) is 0 Å². The first kappa shape index (κ1) is 23.6. The summed E-state index contributed by atoms with van der Waals surface area (Å²) in [7, 11) is 3.36. The molecule has 1 spiro atoms. The third-order valence-electron chi connectivity index (χ3n) is 7.74. The number of benzene rings is 2. The SMILES string of the molecule is COc1ccccc1C(=O)N[C@H]1c2ccccc2C2(CCN(CCCn3cccn3)CC2)[C@@H]1OC. The monoisotopic (exact) mass is 474 g/mol. The number of piperidine rings is 1. The summed E-state index contributed by atoms with van der Waals surface area (Å²) in [4.78, 5) is 15.9. The van der Waals surface area contributed by atoms with E-state index in [0.29, 0.717) is 11.3 Å². The molecule has 2 atom stereocenters. The lowest BCUT2D eigenvalue weighted by atomic mass is 9.72. The highest BCUT2D eigenvalue weighted by molar-refractivity contribution is 5.97. The number of para-hydroxylation sites is 1. The Morgan fingerprint density at radius 3 is 2.57 bits per heavy atom. The number of aromatic nitrogens is 2. The van der Waals surface area contributed by atoms with Gasteiger partial charge in [0.25, 0.3) is 5.91 Å². The number of nitrogens with zero attached hydrogens (tertiary/aromatic N) is 3. The number of ether oxygens (including phenoxy) is 2. The Morgan fingerprint density at radius 2 is 1.83 bits per heavy atom. The quantitative estimate of drug-likeness (QED) is 0.538. The van der Waals surface area contributed by atoms with Crippen molar-refractivity contribution in [3.05, 3.63) is 83.7 Å². The molecular formula is C28H34N4O3. The van der Waals surface area contributed by atoms with Crippen LogP contribution in [-0.4, -0.2) is 60.5 Å². The van der Waals surface area contributed by atoms with Crippen LogP contribution in [0.5, 0.6) is 5.75 Å². The third kappa shape index (κ3) is 4.46. The van der Waals surface area contributed by atoms with Crippen LogP contribution in [0, 0.1) is 0 Å². The van der Waals surface area contributed by atoms with Crippen molar-refractivity contribution >= 4 is 5.91 Å². The number of carbonyl (C=O) groups is 1. The zero-order valence-corrected chi connectivity index (χ0v) is 20.5. The topological polar surface area (TPSA) is 68.6 Å². The molecule has 1 aromatic heterocycles. The molecule has 1 aliphatic carbocycles. The van der Waals surface area contributed by atoms with E-state index in [0.717, 1.165) is 51.0 Å². The largest absolute Gasteiger partial charge is 0.496 e. The van der Waals surface area contributed by atoms with Crippen LogP contribution in [0.4, 0.5) is 0 Å². The van der Waals surface area contributed by atoms with Gasteiger partial charge < -0.3 is 19.7 Å². The molecule has 0 unspecified atom stereocenters. The minimum Gasteiger partial charge on any atom is -0.496 e. The number of fused-ring (bicyclic) bond motifs is 2. The van der Waals surface area contributed by atoms with E-state index in [1.165, 1.54) is 5.56 Å². The molecule has 2 heterocycles. The zero-order valence-electron chi connectivity index (χ0n) is 20.5. The molecule has 0 bridgehead atoms. The van der Waals surface area contributed by atoms with Gasteiger partial charge in [0.15, 0.2) is 0 Å². The molecule has 35 heavy (non-hydrogen) atoms. The molecule has 1 amide bonds. The maximum Gasteiger partial charge on any atom is 0.255 e. The lowest BCUT2D eigenvalue weighted by Gasteiger charge is -2.44. The van der Waals surface area contributed by atoms with Gasteiger partial charge in [-0.2, -0.15) is 5.10 Å². The van der Waals surface area contributed by atoms with Gasteiger partial charge >= 0.3 is 0 Å². The van der Waals surface area contributed by atoms with E-state index in [1.54, 1.807) is 20.3 Å². The number of hydrogen-bond donors (Lipinski definition) is 1. The molecule has 2 aromatic carbocycles. The first-order chi connectivity index (χ1) is 17.2. The maximum absolute atomic E-state index is 13.3. The molecule has 5 rings (SSSR count). The summed E-state index contributed by atoms with van der Waals surface area (Å²) in [5, 5.41) is 7.60. The Morgan fingerprint density at radius 1 is 1.06 bits per heavy atom. The smallest absolute Gasteiger partial charge is 0.255 e. The van der Waals surface area contributed by atoms with Gasteiger partial charge in [-0.05, 0) is 68.2 Å². The van der Waals surface area contributed by atoms with Gasteiger partial charge in [-0.15, -0.1) is 0 Å². The van der Waals surface area contributed by atoms with E-state index in [-0.39, 0.29) is 23.5 Å². The molecule has 184 valence electrons. The number of methoxy groups -OCH3 is 2. The number of carbonyl (C=O) groups excluding carboxylic acids is 1. The van der Waals surface area contributed by atoms with E-state index in [2.05, 4.69) is 39.6 Å². The summed E-state index contributed by atoms with van der Waals surface area (Å²) in [6, 6.07) is 17.6. The Hall–Kier alpha value is -3.16. The Bertz CT molecular complexity index is 1140. The fourth-order valence-electron chi connectivity index (χ4n) is 6.04. The first-order valence-electron chi connectivity index (χ1n) is 12.4. The predicted octanol–water partition coefficient (Wildman–Crippen LogP) is 3.82. The number of rotatable bonds is 8. The highest BCUT2D eigenvalue weighted by Crippen LogP contribution is 2.52. The molecule has 0 radical (unpaired) electrons. The van der Waals surface area contributed by atoms with Crippen LogP contribution in [0.15, 0.2) is 67.0 Å². The lowest BCUT2D eigenvalue weighted by molar-refractivity contribution is -0.0114. The summed E-state index contributed by atoms with van der Waals surface area (Å²) in [6.45, 7) is 4.03. The van der Waals surface area contributed by atoms with Crippen LogP contribution >= 0.6 is 0 Å². The average Bonchev–Trinajstić information content (AvgIpc) is 3.50. The van der Waals surface area contributed by atoms with Crippen molar-refractivity contribution in [2.45, 2.75) is 43.4 Å². The first-order valence-corrected chi connectivity index (χ1v) is 12.4. The maximum atomic E-state index is 13.3. The lowest BCUT2D eigenvalue weighted by Crippen LogP contribution is -2.50. The van der Waals surface area contributed by atoms with E-state index in [4.69, 9.17) is 9.47 Å². The molecule has 7 nitrogen and oxygen atoms in total. The number of likely N-dealkylation sites (tertiary alicyclic amines) is 1. The Kier molecular flexibility index (Phi) is 6.88. The number of aryl methyl sites for hydroxylation is 1. The third-order valence-corrected chi connectivity index (χ3v) is 7.74. The van der Waals surface area contributed by atoms with Crippen LogP contribution in [0.25, 0.3) is 0 Å². The van der Waals surface area contributed by atoms with Crippen LogP contribution in [0.2, 0.25) is 0 Å². The minimum atomic E-state index is -0.208. The van der Waals surface area contributed by atoms with E-state index in [9.17, 15) is 4.79 Å². The van der Waals surface area contributed by atoms with Gasteiger partial charge in [0, 0.05) is 31.5 Å². The van der Waals surface area contributed by atoms with Gasteiger partial charge in [-0.1, -0.05) is 36.4 Å². The second-order valence-electron chi connectivity index (χ2n) is 9.52. The summed E-state index contributed by atoms with van der Waals surface area (Å²) < 4.78 is 13.6. The standard InChI is InChI=1S/C28H34N4O3/c1-34-24-12-6-4-10-22(24)27(33)30-25-21-9-3-5-11-23(21)28(26(25)35-2)13-19-31(20-14-28)16-8-18-32-17-7-15-29-32/h3-7,9-12,15,17,25-26H,8,13-14,16,18-20H2,1-2H3,(H,30,33)/t25-,26+/m0/s1. The number of amides is 1. The predicted molar refractivity (Wildman–Crippen MR) is 135 cm³/mol. The van der Waals surface area contributed by atoms with Gasteiger partial charge in [0.1, 0.15) is 5.75 Å². The summed E-state index contributed by atoms with van der Waals surface area (Å²) in [5.74, 6) is 0.431. The van der Waals surface area contributed by atoms with Crippen LogP contribution < -0.4 is 10.1 Å². The summed E-state index contributed by atoms with van der Waals surface area (Å²) >= 11 is 0. The van der Waals surface area contributed by atoms with Crippen molar-refractivity contribution in [3.63, 3.8) is 0 Å². The Balaban J connectivity index is 1.32. The van der Waals surface area contributed by atoms with E-state index >= 15 is 0 Å². The van der Waals surface area contributed by atoms with Crippen molar-refractivity contribution in [1.82, 2.24) is 20.0 Å². The number of nitrogens with one attached hydrogen (secondary N) is 1.